The first-order chi connectivity index (χ1) is 13.2. The average Bonchev–Trinajstić information content (AvgIpc) is 3.23. The lowest BCUT2D eigenvalue weighted by atomic mass is 10.2. The fourth-order valence-electron chi connectivity index (χ4n) is 3.59. The Kier molecular flexibility index (Phi) is 3.75. The zero-order valence-corrected chi connectivity index (χ0v) is 15.5. The minimum Gasteiger partial charge on any atom is -0.495 e. The van der Waals surface area contributed by atoms with Gasteiger partial charge in [0, 0.05) is 17.7 Å². The fraction of sp³-hybridized carbons (Fsp3) is 0.300. The van der Waals surface area contributed by atoms with E-state index in [-0.39, 0.29) is 0 Å². The summed E-state index contributed by atoms with van der Waals surface area (Å²) in [5.41, 5.74) is 3.44. The van der Waals surface area contributed by atoms with E-state index in [9.17, 15) is 0 Å². The van der Waals surface area contributed by atoms with Gasteiger partial charge in [0.1, 0.15) is 18.5 Å². The molecule has 0 amide bonds. The van der Waals surface area contributed by atoms with E-state index in [2.05, 4.69) is 56.7 Å². The summed E-state index contributed by atoms with van der Waals surface area (Å²) in [7, 11) is 1.70. The molecule has 5 rings (SSSR count). The van der Waals surface area contributed by atoms with Crippen LogP contribution in [-0.2, 0) is 0 Å². The Bertz CT molecular complexity index is 969. The van der Waals surface area contributed by atoms with Crippen molar-refractivity contribution in [2.45, 2.75) is 25.7 Å². The number of aromatic nitrogens is 2. The summed E-state index contributed by atoms with van der Waals surface area (Å²) in [5, 5.41) is 11.1. The Morgan fingerprint density at radius 1 is 1.30 bits per heavy atom. The van der Waals surface area contributed by atoms with Crippen LogP contribution in [0.2, 0.25) is 0 Å². The van der Waals surface area contributed by atoms with Crippen molar-refractivity contribution in [2.24, 2.45) is 4.99 Å². The molecular weight excluding hydrogens is 340 g/mol. The zero-order chi connectivity index (χ0) is 18.4. The first-order valence-corrected chi connectivity index (χ1v) is 9.27. The predicted molar refractivity (Wildman–Crippen MR) is 105 cm³/mol. The van der Waals surface area contributed by atoms with Crippen LogP contribution in [0.15, 0.2) is 53.7 Å². The number of fused-ring (bicyclic) bond motifs is 1. The lowest BCUT2D eigenvalue weighted by Crippen LogP contribution is -3.10. The molecule has 1 aromatic heterocycles. The molecule has 1 atom stereocenters. The molecule has 0 saturated heterocycles. The molecule has 1 aliphatic carbocycles. The molecule has 1 unspecified atom stereocenters. The molecule has 27 heavy (non-hydrogen) atoms. The summed E-state index contributed by atoms with van der Waals surface area (Å²) < 4.78 is 5.58. The molecule has 138 valence electrons. The first kappa shape index (κ1) is 16.1. The highest BCUT2D eigenvalue weighted by molar-refractivity contribution is 5.85. The fourth-order valence-corrected chi connectivity index (χ4v) is 3.59. The van der Waals surface area contributed by atoms with Gasteiger partial charge >= 0.3 is 0 Å². The standard InChI is InChI=1S/C20H22N6O/c1-13-3-6-17(27-2)16(9-13)25-11-19-21-7-8-26(19)20(12-25)22-18-10-15(23-24-18)14-4-5-14/h3,6-10,12,14H,4-5,11H2,1-2H3,(H2,22,23,24)/p+1. The number of rotatable bonds is 5. The number of anilines is 2. The zero-order valence-electron chi connectivity index (χ0n) is 15.5. The molecule has 3 N–H and O–H groups in total. The highest BCUT2D eigenvalue weighted by Crippen LogP contribution is 2.39. The van der Waals surface area contributed by atoms with Gasteiger partial charge in [0.15, 0.2) is 5.82 Å². The maximum atomic E-state index is 5.58. The van der Waals surface area contributed by atoms with Crippen LogP contribution in [0.3, 0.4) is 0 Å². The molecule has 7 heteroatoms. The lowest BCUT2D eigenvalue weighted by molar-refractivity contribution is -0.698. The number of aryl methyl sites for hydroxylation is 1. The quantitative estimate of drug-likeness (QED) is 0.761. The van der Waals surface area contributed by atoms with Crippen molar-refractivity contribution < 1.29 is 9.64 Å². The Morgan fingerprint density at radius 2 is 2.19 bits per heavy atom. The van der Waals surface area contributed by atoms with Crippen LogP contribution in [0.1, 0.15) is 30.0 Å². The maximum absolute atomic E-state index is 5.58. The Morgan fingerprint density at radius 3 is 3.00 bits per heavy atom. The normalized spacial score (nSPS) is 21.0. The van der Waals surface area contributed by atoms with E-state index in [1.807, 2.05) is 18.5 Å². The van der Waals surface area contributed by atoms with Crippen LogP contribution in [-0.4, -0.2) is 29.7 Å². The van der Waals surface area contributed by atoms with Gasteiger partial charge in [-0.1, -0.05) is 6.07 Å². The number of benzene rings is 1. The van der Waals surface area contributed by atoms with Gasteiger partial charge in [0.05, 0.1) is 25.2 Å². The molecule has 2 aliphatic heterocycles. The predicted octanol–water partition coefficient (Wildman–Crippen LogP) is 2.10. The molecule has 0 spiro atoms. The second-order valence-electron chi connectivity index (χ2n) is 7.26. The molecule has 3 heterocycles. The number of hydrogen-bond donors (Lipinski definition) is 3. The summed E-state index contributed by atoms with van der Waals surface area (Å²) in [5.74, 6) is 4.38. The maximum Gasteiger partial charge on any atom is 0.232 e. The van der Waals surface area contributed by atoms with Gasteiger partial charge in [0.2, 0.25) is 11.7 Å². The molecule has 2 aromatic rings. The molecule has 1 saturated carbocycles. The number of ether oxygens (including phenoxy) is 1. The number of methoxy groups -OCH3 is 1. The van der Waals surface area contributed by atoms with Crippen LogP contribution in [0.25, 0.3) is 0 Å². The minimum atomic E-state index is 0.651. The molecular formula is C20H23N6O+. The number of aliphatic imine (C=N–C) groups is 1. The van der Waals surface area contributed by atoms with E-state index in [4.69, 9.17) is 4.74 Å². The summed E-state index contributed by atoms with van der Waals surface area (Å²) >= 11 is 0. The van der Waals surface area contributed by atoms with Crippen molar-refractivity contribution >= 4 is 17.3 Å². The van der Waals surface area contributed by atoms with E-state index in [1.165, 1.54) is 24.1 Å². The van der Waals surface area contributed by atoms with E-state index < -0.39 is 0 Å². The summed E-state index contributed by atoms with van der Waals surface area (Å²) in [6.45, 7) is 2.80. The van der Waals surface area contributed by atoms with Crippen molar-refractivity contribution in [2.75, 3.05) is 23.9 Å². The van der Waals surface area contributed by atoms with E-state index in [0.717, 1.165) is 33.8 Å². The number of H-pyrrole nitrogens is 1. The summed E-state index contributed by atoms with van der Waals surface area (Å²) in [6.07, 6.45) is 8.53. The third kappa shape index (κ3) is 3.00. The van der Waals surface area contributed by atoms with Gasteiger partial charge in [0.25, 0.3) is 0 Å². The van der Waals surface area contributed by atoms with Crippen LogP contribution >= 0.6 is 0 Å². The van der Waals surface area contributed by atoms with Crippen LogP contribution in [0.4, 0.5) is 11.5 Å². The average molecular weight is 363 g/mol. The molecule has 0 radical (unpaired) electrons. The molecule has 7 nitrogen and oxygen atoms in total. The minimum absolute atomic E-state index is 0.651. The van der Waals surface area contributed by atoms with Crippen LogP contribution in [0, 0.1) is 6.92 Å². The van der Waals surface area contributed by atoms with E-state index >= 15 is 0 Å². The van der Waals surface area contributed by atoms with E-state index in [0.29, 0.717) is 12.5 Å². The number of nitrogens with one attached hydrogen (secondary N) is 3. The smallest absolute Gasteiger partial charge is 0.232 e. The SMILES string of the molecule is COc1ccc(C)cc1N1C=C(Nc2cc(C3CC3)[nH]n2)[NH+]2C=CN=C2C1. The monoisotopic (exact) mass is 363 g/mol. The van der Waals surface area contributed by atoms with Crippen molar-refractivity contribution in [1.82, 2.24) is 10.2 Å². The first-order valence-electron chi connectivity index (χ1n) is 9.27. The second-order valence-corrected chi connectivity index (χ2v) is 7.26. The van der Waals surface area contributed by atoms with Gasteiger partial charge in [-0.05, 0) is 37.5 Å². The summed E-state index contributed by atoms with van der Waals surface area (Å²) in [4.78, 5) is 7.85. The number of amidine groups is 1. The number of quaternary nitrogens is 1. The number of aromatic amines is 1. The largest absolute Gasteiger partial charge is 0.495 e. The van der Waals surface area contributed by atoms with Crippen molar-refractivity contribution in [3.8, 4) is 5.75 Å². The number of hydrogen-bond acceptors (Lipinski definition) is 5. The van der Waals surface area contributed by atoms with Gasteiger partial charge in [-0.3, -0.25) is 10.4 Å². The number of nitrogens with zero attached hydrogens (tertiary/aromatic N) is 3. The van der Waals surface area contributed by atoms with Gasteiger partial charge in [-0.25, -0.2) is 9.89 Å². The van der Waals surface area contributed by atoms with Crippen LogP contribution in [0.5, 0.6) is 5.75 Å². The van der Waals surface area contributed by atoms with E-state index in [1.54, 1.807) is 7.11 Å². The molecule has 1 aromatic carbocycles. The Hall–Kier alpha value is -3.06. The van der Waals surface area contributed by atoms with Crippen LogP contribution < -0.4 is 19.9 Å². The topological polar surface area (TPSA) is 70.0 Å². The van der Waals surface area contributed by atoms with Crippen molar-refractivity contribution in [3.05, 3.63) is 59.9 Å². The van der Waals surface area contributed by atoms with Crippen molar-refractivity contribution in [1.29, 1.82) is 0 Å². The molecule has 3 aliphatic rings. The highest BCUT2D eigenvalue weighted by atomic mass is 16.5. The van der Waals surface area contributed by atoms with Gasteiger partial charge in [-0.15, -0.1) is 0 Å². The highest BCUT2D eigenvalue weighted by Gasteiger charge is 2.33. The Balaban J connectivity index is 1.48. The third-order valence-corrected chi connectivity index (χ3v) is 5.20. The lowest BCUT2D eigenvalue weighted by Gasteiger charge is -2.29. The summed E-state index contributed by atoms with van der Waals surface area (Å²) in [6, 6.07) is 8.32. The third-order valence-electron chi connectivity index (χ3n) is 5.20. The van der Waals surface area contributed by atoms with Crippen molar-refractivity contribution in [3.63, 3.8) is 0 Å². The van der Waals surface area contributed by atoms with Gasteiger partial charge in [-0.2, -0.15) is 5.10 Å². The molecule has 1 fully saturated rings. The van der Waals surface area contributed by atoms with Gasteiger partial charge < -0.3 is 9.64 Å². The Labute approximate surface area is 158 Å². The second kappa shape index (κ2) is 6.28. The molecule has 0 bridgehead atoms.